The van der Waals surface area contributed by atoms with Crippen LogP contribution in [0, 0.1) is 5.82 Å². The van der Waals surface area contributed by atoms with Gasteiger partial charge in [0.05, 0.1) is 12.1 Å². The van der Waals surface area contributed by atoms with Gasteiger partial charge in [0.2, 0.25) is 0 Å². The minimum atomic E-state index is -0.422. The van der Waals surface area contributed by atoms with Gasteiger partial charge in [0, 0.05) is 6.42 Å². The van der Waals surface area contributed by atoms with Gasteiger partial charge in [-0.05, 0) is 38.0 Å². The molecule has 1 unspecified atom stereocenters. The van der Waals surface area contributed by atoms with Crippen LogP contribution in [0.5, 0.6) is 0 Å². The van der Waals surface area contributed by atoms with E-state index in [-0.39, 0.29) is 17.9 Å². The molecule has 4 heteroatoms. The normalized spacial score (nSPS) is 22.0. The van der Waals surface area contributed by atoms with Crippen LogP contribution in [-0.4, -0.2) is 24.6 Å². The number of rotatable bonds is 6. The molecule has 1 aromatic rings. The summed E-state index contributed by atoms with van der Waals surface area (Å²) in [5.74, 6) is 0.701. The van der Waals surface area contributed by atoms with Gasteiger partial charge in [-0.1, -0.05) is 35.9 Å². The fourth-order valence-electron chi connectivity index (χ4n) is 2.58. The number of benzene rings is 1. The first-order chi connectivity index (χ1) is 10.6. The van der Waals surface area contributed by atoms with E-state index in [0.29, 0.717) is 6.42 Å². The van der Waals surface area contributed by atoms with Crippen LogP contribution < -0.4 is 5.32 Å². The number of aliphatic imine (C=N–C) groups is 1. The summed E-state index contributed by atoms with van der Waals surface area (Å²) in [5.41, 5.74) is 2.21. The molecule has 0 bridgehead atoms. The van der Waals surface area contributed by atoms with E-state index in [4.69, 9.17) is 4.99 Å². The van der Waals surface area contributed by atoms with Crippen LogP contribution in [0.4, 0.5) is 8.78 Å². The zero-order valence-electron chi connectivity index (χ0n) is 13.0. The van der Waals surface area contributed by atoms with Gasteiger partial charge >= 0.3 is 0 Å². The molecule has 1 N–H and O–H groups in total. The topological polar surface area (TPSA) is 24.4 Å². The van der Waals surface area contributed by atoms with E-state index < -0.39 is 6.67 Å². The van der Waals surface area contributed by atoms with Crippen LogP contribution in [0.25, 0.3) is 0 Å². The molecule has 0 aliphatic carbocycles. The molecule has 22 heavy (non-hydrogen) atoms. The van der Waals surface area contributed by atoms with Crippen molar-refractivity contribution in [3.63, 3.8) is 0 Å². The fraction of sp³-hybridized carbons (Fsp3) is 0.389. The summed E-state index contributed by atoms with van der Waals surface area (Å²) in [6, 6.07) is 6.83. The van der Waals surface area contributed by atoms with Gasteiger partial charge in [-0.3, -0.25) is 4.99 Å². The second-order valence-corrected chi connectivity index (χ2v) is 5.57. The highest BCUT2D eigenvalue weighted by Crippen LogP contribution is 2.18. The van der Waals surface area contributed by atoms with Gasteiger partial charge < -0.3 is 5.32 Å². The molecule has 0 spiro atoms. The SMILES string of the molecule is C/C(=C\C/C=C\CF)[C@H]1N=C(Cc2ccc(F)cc2)NC1C. The highest BCUT2D eigenvalue weighted by atomic mass is 19.1. The predicted octanol–water partition coefficient (Wildman–Crippen LogP) is 3.99. The van der Waals surface area contributed by atoms with Crippen LogP contribution in [0.15, 0.2) is 53.1 Å². The maximum Gasteiger partial charge on any atom is 0.123 e. The van der Waals surface area contributed by atoms with E-state index in [2.05, 4.69) is 25.2 Å². The molecular weight excluding hydrogens is 282 g/mol. The average Bonchev–Trinajstić information content (AvgIpc) is 2.86. The standard InChI is InChI=1S/C18H22F2N2/c1-13(6-4-3-5-11-19)18-14(2)21-17(22-18)12-15-7-9-16(20)10-8-15/h3,5-10,14,18H,4,11-12H2,1-2H3,(H,21,22)/b5-3-,13-6+/t14?,18-/m1/s1. The third-order valence-corrected chi connectivity index (χ3v) is 3.75. The van der Waals surface area contributed by atoms with Gasteiger partial charge in [0.1, 0.15) is 18.3 Å². The van der Waals surface area contributed by atoms with Gasteiger partial charge in [-0.15, -0.1) is 0 Å². The Labute approximate surface area is 130 Å². The molecule has 118 valence electrons. The smallest absolute Gasteiger partial charge is 0.123 e. The predicted molar refractivity (Wildman–Crippen MR) is 87.4 cm³/mol. The summed E-state index contributed by atoms with van der Waals surface area (Å²) in [6.07, 6.45) is 6.82. The molecule has 0 radical (unpaired) electrons. The van der Waals surface area contributed by atoms with E-state index >= 15 is 0 Å². The monoisotopic (exact) mass is 304 g/mol. The Hall–Kier alpha value is -1.97. The Morgan fingerprint density at radius 2 is 2.00 bits per heavy atom. The Morgan fingerprint density at radius 3 is 2.68 bits per heavy atom. The number of allylic oxidation sites excluding steroid dienone is 3. The molecule has 0 aromatic heterocycles. The molecule has 1 aliphatic rings. The lowest BCUT2D eigenvalue weighted by molar-refractivity contribution is 0.561. The quantitative estimate of drug-likeness (QED) is 0.790. The number of nitrogens with zero attached hydrogens (tertiary/aromatic N) is 1. The number of hydrogen-bond donors (Lipinski definition) is 1. The second-order valence-electron chi connectivity index (χ2n) is 5.57. The molecule has 1 aromatic carbocycles. The largest absolute Gasteiger partial charge is 0.369 e. The van der Waals surface area contributed by atoms with Crippen LogP contribution in [0.3, 0.4) is 0 Å². The highest BCUT2D eigenvalue weighted by Gasteiger charge is 2.25. The van der Waals surface area contributed by atoms with Crippen molar-refractivity contribution in [2.75, 3.05) is 6.67 Å². The molecule has 1 heterocycles. The van der Waals surface area contributed by atoms with Crippen molar-refractivity contribution in [2.45, 2.75) is 38.8 Å². The van der Waals surface area contributed by atoms with E-state index in [1.54, 1.807) is 12.1 Å². The van der Waals surface area contributed by atoms with Crippen LogP contribution >= 0.6 is 0 Å². The Kier molecular flexibility index (Phi) is 5.87. The lowest BCUT2D eigenvalue weighted by Gasteiger charge is -2.14. The van der Waals surface area contributed by atoms with Crippen molar-refractivity contribution in [2.24, 2.45) is 4.99 Å². The molecule has 1 aliphatic heterocycles. The van der Waals surface area contributed by atoms with E-state index in [0.717, 1.165) is 17.8 Å². The summed E-state index contributed by atoms with van der Waals surface area (Å²) in [7, 11) is 0. The van der Waals surface area contributed by atoms with Gasteiger partial charge in [0.15, 0.2) is 0 Å². The molecule has 0 amide bonds. The molecule has 0 saturated heterocycles. The van der Waals surface area contributed by atoms with E-state index in [1.807, 2.05) is 6.08 Å². The third-order valence-electron chi connectivity index (χ3n) is 3.75. The van der Waals surface area contributed by atoms with Gasteiger partial charge in [-0.25, -0.2) is 8.78 Å². The first-order valence-electron chi connectivity index (χ1n) is 7.55. The number of amidine groups is 1. The third kappa shape index (κ3) is 4.52. The van der Waals surface area contributed by atoms with Crippen molar-refractivity contribution in [1.29, 1.82) is 0 Å². The number of hydrogen-bond acceptors (Lipinski definition) is 2. The van der Waals surface area contributed by atoms with Crippen LogP contribution in [0.1, 0.15) is 25.8 Å². The minimum absolute atomic E-state index is 0.106. The molecule has 2 rings (SSSR count). The van der Waals surface area contributed by atoms with Crippen molar-refractivity contribution >= 4 is 5.84 Å². The summed E-state index contributed by atoms with van der Waals surface area (Å²) in [6.45, 7) is 3.73. The Morgan fingerprint density at radius 1 is 1.27 bits per heavy atom. The van der Waals surface area contributed by atoms with Crippen molar-refractivity contribution in [3.8, 4) is 0 Å². The van der Waals surface area contributed by atoms with Crippen LogP contribution in [0.2, 0.25) is 0 Å². The fourth-order valence-corrected chi connectivity index (χ4v) is 2.58. The Balaban J connectivity index is 2.00. The maximum atomic E-state index is 12.9. The van der Waals surface area contributed by atoms with E-state index in [9.17, 15) is 8.78 Å². The average molecular weight is 304 g/mol. The van der Waals surface area contributed by atoms with Crippen molar-refractivity contribution < 1.29 is 8.78 Å². The molecule has 2 nitrogen and oxygen atoms in total. The zero-order chi connectivity index (χ0) is 15.9. The summed E-state index contributed by atoms with van der Waals surface area (Å²) in [5, 5.41) is 3.39. The second kappa shape index (κ2) is 7.87. The number of alkyl halides is 1. The van der Waals surface area contributed by atoms with E-state index in [1.165, 1.54) is 23.8 Å². The Bertz CT molecular complexity index is 573. The van der Waals surface area contributed by atoms with Gasteiger partial charge in [-0.2, -0.15) is 0 Å². The number of nitrogens with one attached hydrogen (secondary N) is 1. The number of halogens is 2. The first kappa shape index (κ1) is 16.4. The molecule has 2 atom stereocenters. The lowest BCUT2D eigenvalue weighted by atomic mass is 10.0. The first-order valence-corrected chi connectivity index (χ1v) is 7.55. The van der Waals surface area contributed by atoms with Crippen molar-refractivity contribution in [1.82, 2.24) is 5.32 Å². The summed E-state index contributed by atoms with van der Waals surface area (Å²) < 4.78 is 24.9. The van der Waals surface area contributed by atoms with Crippen LogP contribution in [-0.2, 0) is 6.42 Å². The molecule has 0 saturated carbocycles. The highest BCUT2D eigenvalue weighted by molar-refractivity contribution is 5.86. The zero-order valence-corrected chi connectivity index (χ0v) is 13.0. The molecule has 0 fully saturated rings. The summed E-state index contributed by atoms with van der Waals surface area (Å²) in [4.78, 5) is 4.73. The summed E-state index contributed by atoms with van der Waals surface area (Å²) >= 11 is 0. The van der Waals surface area contributed by atoms with Crippen molar-refractivity contribution in [3.05, 3.63) is 59.4 Å². The lowest BCUT2D eigenvalue weighted by Crippen LogP contribution is -2.32. The minimum Gasteiger partial charge on any atom is -0.369 e. The van der Waals surface area contributed by atoms with Gasteiger partial charge in [0.25, 0.3) is 0 Å². The maximum absolute atomic E-state index is 12.9. The molecular formula is C18H22F2N2.